The highest BCUT2D eigenvalue weighted by atomic mass is 16.5. The van der Waals surface area contributed by atoms with Gasteiger partial charge in [0.1, 0.15) is 5.75 Å². The van der Waals surface area contributed by atoms with Gasteiger partial charge in [-0.05, 0) is 44.0 Å². The van der Waals surface area contributed by atoms with Crippen molar-refractivity contribution >= 4 is 5.69 Å². The Labute approximate surface area is 86.3 Å². The number of methoxy groups -OCH3 is 1. The van der Waals surface area contributed by atoms with Crippen molar-refractivity contribution in [1.82, 2.24) is 0 Å². The zero-order chi connectivity index (χ0) is 10.6. The lowest BCUT2D eigenvalue weighted by molar-refractivity contribution is 0.410. The molecule has 78 valence electrons. The van der Waals surface area contributed by atoms with Gasteiger partial charge in [0.25, 0.3) is 0 Å². The molecule has 1 aromatic rings. The van der Waals surface area contributed by atoms with Crippen molar-refractivity contribution in [2.45, 2.75) is 33.2 Å². The van der Waals surface area contributed by atoms with E-state index >= 15 is 0 Å². The Bertz CT molecular complexity index is 294. The van der Waals surface area contributed by atoms with Gasteiger partial charge in [0.05, 0.1) is 7.11 Å². The summed E-state index contributed by atoms with van der Waals surface area (Å²) < 4.78 is 5.27. The Morgan fingerprint density at radius 3 is 2.57 bits per heavy atom. The van der Waals surface area contributed by atoms with Crippen molar-refractivity contribution in [3.63, 3.8) is 0 Å². The molecular weight excluding hydrogens is 174 g/mol. The van der Waals surface area contributed by atoms with E-state index in [0.717, 1.165) is 17.9 Å². The highest BCUT2D eigenvalue weighted by Crippen LogP contribution is 2.23. The number of ether oxygens (including phenoxy) is 1. The summed E-state index contributed by atoms with van der Waals surface area (Å²) in [6.07, 6.45) is 0.997. The molecule has 0 unspecified atom stereocenters. The summed E-state index contributed by atoms with van der Waals surface area (Å²) >= 11 is 0. The summed E-state index contributed by atoms with van der Waals surface area (Å²) in [6, 6.07) is 6.69. The van der Waals surface area contributed by atoms with Crippen LogP contribution in [0.1, 0.15) is 26.3 Å². The minimum atomic E-state index is 0.466. The van der Waals surface area contributed by atoms with Crippen LogP contribution in [0, 0.1) is 0 Å². The van der Waals surface area contributed by atoms with Crippen LogP contribution in [0.15, 0.2) is 18.2 Å². The molecule has 0 saturated carbocycles. The molecule has 0 aromatic heterocycles. The van der Waals surface area contributed by atoms with Crippen LogP contribution in [0.4, 0.5) is 5.69 Å². The van der Waals surface area contributed by atoms with Gasteiger partial charge < -0.3 is 10.1 Å². The van der Waals surface area contributed by atoms with Gasteiger partial charge in [-0.2, -0.15) is 0 Å². The van der Waals surface area contributed by atoms with Crippen LogP contribution < -0.4 is 10.1 Å². The Balaban J connectivity index is 2.89. The number of hydrogen-bond acceptors (Lipinski definition) is 2. The van der Waals surface area contributed by atoms with Gasteiger partial charge >= 0.3 is 0 Å². The number of benzene rings is 1. The maximum absolute atomic E-state index is 5.27. The van der Waals surface area contributed by atoms with Crippen molar-refractivity contribution in [2.75, 3.05) is 12.4 Å². The Morgan fingerprint density at radius 2 is 2.07 bits per heavy atom. The smallest absolute Gasteiger partial charge is 0.122 e. The molecular formula is C12H19NO. The second kappa shape index (κ2) is 4.89. The fraction of sp³-hybridized carbons (Fsp3) is 0.500. The number of aryl methyl sites for hydroxylation is 1. The third-order valence-electron chi connectivity index (χ3n) is 2.12. The van der Waals surface area contributed by atoms with E-state index in [1.54, 1.807) is 7.11 Å². The third kappa shape index (κ3) is 2.66. The van der Waals surface area contributed by atoms with Crippen molar-refractivity contribution < 1.29 is 4.74 Å². The molecule has 0 aliphatic heterocycles. The third-order valence-corrected chi connectivity index (χ3v) is 2.12. The first-order chi connectivity index (χ1) is 6.67. The summed E-state index contributed by atoms with van der Waals surface area (Å²) in [5.74, 6) is 0.974. The van der Waals surface area contributed by atoms with Crippen LogP contribution in [0.3, 0.4) is 0 Å². The van der Waals surface area contributed by atoms with Crippen LogP contribution in [-0.2, 0) is 6.42 Å². The molecule has 1 aromatic carbocycles. The molecule has 0 radical (unpaired) electrons. The molecule has 0 aliphatic carbocycles. The molecule has 0 aliphatic rings. The number of hydrogen-bond donors (Lipinski definition) is 1. The number of nitrogens with one attached hydrogen (secondary N) is 1. The van der Waals surface area contributed by atoms with Crippen LogP contribution in [0.25, 0.3) is 0 Å². The second-order valence-electron chi connectivity index (χ2n) is 3.68. The van der Waals surface area contributed by atoms with Crippen molar-refractivity contribution in [3.05, 3.63) is 23.8 Å². The van der Waals surface area contributed by atoms with E-state index in [1.165, 1.54) is 5.56 Å². The molecule has 1 N–H and O–H groups in total. The van der Waals surface area contributed by atoms with Crippen LogP contribution in [0.5, 0.6) is 5.75 Å². The summed E-state index contributed by atoms with van der Waals surface area (Å²) in [7, 11) is 1.71. The zero-order valence-electron chi connectivity index (χ0n) is 9.42. The van der Waals surface area contributed by atoms with Gasteiger partial charge in [-0.3, -0.25) is 0 Å². The first-order valence-corrected chi connectivity index (χ1v) is 5.10. The van der Waals surface area contributed by atoms with Crippen molar-refractivity contribution in [1.29, 1.82) is 0 Å². The predicted octanol–water partition coefficient (Wildman–Crippen LogP) is 3.08. The molecule has 2 nitrogen and oxygen atoms in total. The SMILES string of the molecule is CCc1cc(NC(C)C)ccc1OC. The van der Waals surface area contributed by atoms with Gasteiger partial charge in [0, 0.05) is 11.7 Å². The fourth-order valence-electron chi connectivity index (χ4n) is 1.48. The highest BCUT2D eigenvalue weighted by molar-refractivity contribution is 5.51. The molecule has 0 bridgehead atoms. The van der Waals surface area contributed by atoms with Crippen LogP contribution in [0.2, 0.25) is 0 Å². The average Bonchev–Trinajstić information content (AvgIpc) is 2.16. The lowest BCUT2D eigenvalue weighted by Gasteiger charge is -2.13. The highest BCUT2D eigenvalue weighted by Gasteiger charge is 2.02. The maximum atomic E-state index is 5.27. The second-order valence-corrected chi connectivity index (χ2v) is 3.68. The monoisotopic (exact) mass is 193 g/mol. The molecule has 2 heteroatoms. The van der Waals surface area contributed by atoms with Gasteiger partial charge in [0.2, 0.25) is 0 Å². The van der Waals surface area contributed by atoms with E-state index < -0.39 is 0 Å². The molecule has 0 fully saturated rings. The van der Waals surface area contributed by atoms with E-state index in [1.807, 2.05) is 6.07 Å². The topological polar surface area (TPSA) is 21.3 Å². The normalized spacial score (nSPS) is 10.4. The fourth-order valence-corrected chi connectivity index (χ4v) is 1.48. The average molecular weight is 193 g/mol. The largest absolute Gasteiger partial charge is 0.496 e. The van der Waals surface area contributed by atoms with Gasteiger partial charge in [-0.1, -0.05) is 6.92 Å². The first kappa shape index (κ1) is 10.9. The first-order valence-electron chi connectivity index (χ1n) is 5.10. The number of anilines is 1. The van der Waals surface area contributed by atoms with E-state index in [9.17, 15) is 0 Å². The Morgan fingerprint density at radius 1 is 1.36 bits per heavy atom. The van der Waals surface area contributed by atoms with Crippen molar-refractivity contribution in [2.24, 2.45) is 0 Å². The molecule has 0 saturated heterocycles. The minimum Gasteiger partial charge on any atom is -0.496 e. The Hall–Kier alpha value is -1.18. The molecule has 1 rings (SSSR count). The molecule has 0 amide bonds. The standard InChI is InChI=1S/C12H19NO/c1-5-10-8-11(13-9(2)3)6-7-12(10)14-4/h6-9,13H,5H2,1-4H3. The van der Waals surface area contributed by atoms with E-state index in [-0.39, 0.29) is 0 Å². The summed E-state index contributed by atoms with van der Waals surface area (Å²) in [6.45, 7) is 6.41. The number of rotatable bonds is 4. The summed E-state index contributed by atoms with van der Waals surface area (Å²) in [5, 5.41) is 3.38. The van der Waals surface area contributed by atoms with Crippen LogP contribution in [-0.4, -0.2) is 13.2 Å². The molecule has 14 heavy (non-hydrogen) atoms. The zero-order valence-corrected chi connectivity index (χ0v) is 9.42. The minimum absolute atomic E-state index is 0.466. The maximum Gasteiger partial charge on any atom is 0.122 e. The van der Waals surface area contributed by atoms with Crippen LogP contribution >= 0.6 is 0 Å². The quantitative estimate of drug-likeness (QED) is 0.793. The van der Waals surface area contributed by atoms with E-state index in [0.29, 0.717) is 6.04 Å². The lowest BCUT2D eigenvalue weighted by Crippen LogP contribution is -2.09. The predicted molar refractivity (Wildman–Crippen MR) is 61.1 cm³/mol. The van der Waals surface area contributed by atoms with Gasteiger partial charge in [0.15, 0.2) is 0 Å². The molecule has 0 atom stereocenters. The van der Waals surface area contributed by atoms with E-state index in [2.05, 4.69) is 38.2 Å². The lowest BCUT2D eigenvalue weighted by atomic mass is 10.1. The summed E-state index contributed by atoms with van der Waals surface area (Å²) in [5.41, 5.74) is 2.41. The van der Waals surface area contributed by atoms with Crippen molar-refractivity contribution in [3.8, 4) is 5.75 Å². The molecule has 0 spiro atoms. The summed E-state index contributed by atoms with van der Waals surface area (Å²) in [4.78, 5) is 0. The Kier molecular flexibility index (Phi) is 3.81. The van der Waals surface area contributed by atoms with Gasteiger partial charge in [-0.25, -0.2) is 0 Å². The van der Waals surface area contributed by atoms with E-state index in [4.69, 9.17) is 4.74 Å². The van der Waals surface area contributed by atoms with Gasteiger partial charge in [-0.15, -0.1) is 0 Å². The molecule has 0 heterocycles.